The second kappa shape index (κ2) is 7.25. The van der Waals surface area contributed by atoms with Crippen LogP contribution in [0.3, 0.4) is 0 Å². The molecule has 26 heavy (non-hydrogen) atoms. The van der Waals surface area contributed by atoms with Crippen molar-refractivity contribution in [1.29, 1.82) is 0 Å². The molecule has 1 fully saturated rings. The van der Waals surface area contributed by atoms with Crippen LogP contribution in [-0.2, 0) is 17.9 Å². The number of hydrogen-bond acceptors (Lipinski definition) is 6. The molecule has 1 aliphatic heterocycles. The van der Waals surface area contributed by atoms with Gasteiger partial charge in [0.25, 0.3) is 0 Å². The molecule has 0 bridgehead atoms. The number of aromatic nitrogens is 4. The number of nitrogens with zero attached hydrogens (tertiary/aromatic N) is 6. The van der Waals surface area contributed by atoms with Crippen LogP contribution in [0.1, 0.15) is 18.2 Å². The van der Waals surface area contributed by atoms with Crippen LogP contribution < -0.4 is 0 Å². The van der Waals surface area contributed by atoms with E-state index in [0.717, 1.165) is 37.0 Å². The Balaban J connectivity index is 1.35. The summed E-state index contributed by atoms with van der Waals surface area (Å²) in [7, 11) is 0. The quantitative estimate of drug-likeness (QED) is 0.706. The number of rotatable bonds is 4. The molecular weight excluding hydrogens is 332 g/mol. The zero-order valence-corrected chi connectivity index (χ0v) is 14.8. The van der Waals surface area contributed by atoms with E-state index in [1.165, 1.54) is 0 Å². The molecule has 136 valence electrons. The van der Waals surface area contributed by atoms with Gasteiger partial charge in [-0.2, -0.15) is 5.10 Å². The summed E-state index contributed by atoms with van der Waals surface area (Å²) in [6, 6.07) is 7.89. The van der Waals surface area contributed by atoms with Crippen LogP contribution in [-0.4, -0.2) is 61.9 Å². The Kier molecular flexibility index (Phi) is 4.66. The van der Waals surface area contributed by atoms with Crippen molar-refractivity contribution in [1.82, 2.24) is 29.8 Å². The highest BCUT2D eigenvalue weighted by Crippen LogP contribution is 2.12. The Labute approximate surface area is 151 Å². The fourth-order valence-corrected chi connectivity index (χ4v) is 3.31. The molecule has 3 heterocycles. The van der Waals surface area contributed by atoms with Gasteiger partial charge in [-0.1, -0.05) is 18.2 Å². The van der Waals surface area contributed by atoms with E-state index in [2.05, 4.69) is 20.2 Å². The largest absolute Gasteiger partial charge is 0.424 e. The van der Waals surface area contributed by atoms with Crippen molar-refractivity contribution in [2.45, 2.75) is 26.4 Å². The molecule has 1 amide bonds. The van der Waals surface area contributed by atoms with Gasteiger partial charge in [0.15, 0.2) is 0 Å². The Morgan fingerprint density at radius 3 is 2.85 bits per heavy atom. The molecule has 3 aromatic rings. The van der Waals surface area contributed by atoms with E-state index >= 15 is 0 Å². The van der Waals surface area contributed by atoms with Gasteiger partial charge in [-0.3, -0.25) is 14.4 Å². The molecule has 0 atom stereocenters. The Bertz CT molecular complexity index is 869. The minimum atomic E-state index is 0.105. The van der Waals surface area contributed by atoms with Crippen molar-refractivity contribution in [3.63, 3.8) is 0 Å². The molecule has 2 aromatic heterocycles. The normalized spacial score (nSPS) is 16.1. The molecule has 0 spiro atoms. The summed E-state index contributed by atoms with van der Waals surface area (Å²) >= 11 is 0. The molecule has 1 saturated heterocycles. The molecular formula is C18H22N6O2. The molecule has 0 unspecified atom stereocenters. The van der Waals surface area contributed by atoms with Crippen LogP contribution >= 0.6 is 0 Å². The third-order valence-electron chi connectivity index (χ3n) is 4.63. The van der Waals surface area contributed by atoms with Crippen LogP contribution in [0.25, 0.3) is 10.9 Å². The maximum absolute atomic E-state index is 12.7. The van der Waals surface area contributed by atoms with E-state index in [9.17, 15) is 4.79 Å². The zero-order valence-electron chi connectivity index (χ0n) is 14.8. The van der Waals surface area contributed by atoms with Gasteiger partial charge in [0, 0.05) is 44.7 Å². The first-order chi connectivity index (χ1) is 12.7. The second-order valence-corrected chi connectivity index (χ2v) is 6.61. The van der Waals surface area contributed by atoms with Crippen LogP contribution in [0.15, 0.2) is 34.9 Å². The maximum atomic E-state index is 12.7. The summed E-state index contributed by atoms with van der Waals surface area (Å²) < 4.78 is 7.19. The lowest BCUT2D eigenvalue weighted by Gasteiger charge is -2.21. The lowest BCUT2D eigenvalue weighted by Crippen LogP contribution is -2.37. The molecule has 8 heteroatoms. The van der Waals surface area contributed by atoms with Crippen LogP contribution in [0.5, 0.6) is 0 Å². The first-order valence-corrected chi connectivity index (χ1v) is 8.89. The average Bonchev–Trinajstić information content (AvgIpc) is 3.14. The average molecular weight is 354 g/mol. The summed E-state index contributed by atoms with van der Waals surface area (Å²) in [5.41, 5.74) is 0.914. The van der Waals surface area contributed by atoms with Gasteiger partial charge in [-0.15, -0.1) is 10.2 Å². The van der Waals surface area contributed by atoms with E-state index in [0.29, 0.717) is 24.9 Å². The molecule has 0 saturated carbocycles. The summed E-state index contributed by atoms with van der Waals surface area (Å²) in [6.45, 7) is 5.87. The molecule has 0 aliphatic carbocycles. The SMILES string of the molecule is Cc1nnc(CN2CCCN(C(=O)Cn3cc4ccccc4n3)CC2)o1. The predicted octanol–water partition coefficient (Wildman–Crippen LogP) is 1.46. The summed E-state index contributed by atoms with van der Waals surface area (Å²) in [6.07, 6.45) is 2.86. The van der Waals surface area contributed by atoms with Gasteiger partial charge >= 0.3 is 0 Å². The lowest BCUT2D eigenvalue weighted by molar-refractivity contribution is -0.131. The van der Waals surface area contributed by atoms with Gasteiger partial charge in [0.2, 0.25) is 17.7 Å². The fourth-order valence-electron chi connectivity index (χ4n) is 3.31. The number of amides is 1. The maximum Gasteiger partial charge on any atom is 0.244 e. The number of carbonyl (C=O) groups is 1. The number of aryl methyl sites for hydroxylation is 1. The third kappa shape index (κ3) is 3.75. The predicted molar refractivity (Wildman–Crippen MR) is 95.2 cm³/mol. The van der Waals surface area contributed by atoms with Crippen LogP contribution in [0.2, 0.25) is 0 Å². The standard InChI is InChI=1S/C18H22N6O2/c1-14-19-20-17(26-14)12-22-7-4-8-23(10-9-22)18(25)13-24-11-15-5-2-3-6-16(15)21-24/h2-3,5-6,11H,4,7-10,12-13H2,1H3. The topological polar surface area (TPSA) is 80.3 Å². The minimum Gasteiger partial charge on any atom is -0.424 e. The minimum absolute atomic E-state index is 0.105. The molecule has 0 radical (unpaired) electrons. The van der Waals surface area contributed by atoms with Crippen molar-refractivity contribution in [3.05, 3.63) is 42.2 Å². The first kappa shape index (κ1) is 16.7. The lowest BCUT2D eigenvalue weighted by atomic mass is 10.3. The van der Waals surface area contributed by atoms with Crippen LogP contribution in [0.4, 0.5) is 0 Å². The zero-order chi connectivity index (χ0) is 17.9. The second-order valence-electron chi connectivity index (χ2n) is 6.61. The van der Waals surface area contributed by atoms with Gasteiger partial charge < -0.3 is 9.32 Å². The first-order valence-electron chi connectivity index (χ1n) is 8.89. The van der Waals surface area contributed by atoms with Crippen LogP contribution in [0, 0.1) is 6.92 Å². The van der Waals surface area contributed by atoms with Gasteiger partial charge in [-0.25, -0.2) is 0 Å². The third-order valence-corrected chi connectivity index (χ3v) is 4.63. The molecule has 4 rings (SSSR count). The van der Waals surface area contributed by atoms with Crippen molar-refractivity contribution >= 4 is 16.8 Å². The summed E-state index contributed by atoms with van der Waals surface area (Å²) in [4.78, 5) is 16.8. The van der Waals surface area contributed by atoms with Gasteiger partial charge in [0.05, 0.1) is 12.1 Å². The Morgan fingerprint density at radius 1 is 1.15 bits per heavy atom. The van der Waals surface area contributed by atoms with E-state index in [1.807, 2.05) is 35.4 Å². The molecule has 1 aromatic carbocycles. The van der Waals surface area contributed by atoms with Crippen molar-refractivity contribution in [2.24, 2.45) is 0 Å². The van der Waals surface area contributed by atoms with Crippen molar-refractivity contribution in [3.8, 4) is 0 Å². The smallest absolute Gasteiger partial charge is 0.244 e. The highest BCUT2D eigenvalue weighted by molar-refractivity contribution is 5.79. The highest BCUT2D eigenvalue weighted by atomic mass is 16.4. The number of carbonyl (C=O) groups excluding carboxylic acids is 1. The highest BCUT2D eigenvalue weighted by Gasteiger charge is 2.21. The van der Waals surface area contributed by atoms with E-state index < -0.39 is 0 Å². The number of fused-ring (bicyclic) bond motifs is 1. The van der Waals surface area contributed by atoms with E-state index in [-0.39, 0.29) is 12.5 Å². The summed E-state index contributed by atoms with van der Waals surface area (Å²) in [5, 5.41) is 13.4. The van der Waals surface area contributed by atoms with Crippen molar-refractivity contribution in [2.75, 3.05) is 26.2 Å². The van der Waals surface area contributed by atoms with Crippen molar-refractivity contribution < 1.29 is 9.21 Å². The van der Waals surface area contributed by atoms with Gasteiger partial charge in [-0.05, 0) is 12.5 Å². The Morgan fingerprint density at radius 2 is 2.04 bits per heavy atom. The Hall–Kier alpha value is -2.74. The molecule has 0 N–H and O–H groups in total. The molecule has 1 aliphatic rings. The monoisotopic (exact) mass is 354 g/mol. The van der Waals surface area contributed by atoms with E-state index in [4.69, 9.17) is 4.42 Å². The van der Waals surface area contributed by atoms with Gasteiger partial charge in [0.1, 0.15) is 6.54 Å². The fraction of sp³-hybridized carbons (Fsp3) is 0.444. The van der Waals surface area contributed by atoms with E-state index in [1.54, 1.807) is 11.6 Å². The molecule has 8 nitrogen and oxygen atoms in total. The number of benzene rings is 1. The summed E-state index contributed by atoms with van der Waals surface area (Å²) in [5.74, 6) is 1.32. The number of hydrogen-bond donors (Lipinski definition) is 0.